The van der Waals surface area contributed by atoms with Gasteiger partial charge in [0, 0.05) is 32.5 Å². The van der Waals surface area contributed by atoms with Gasteiger partial charge < -0.3 is 10.1 Å². The maximum Gasteiger partial charge on any atom is 0.141 e. The van der Waals surface area contributed by atoms with Crippen LogP contribution < -0.4 is 5.32 Å². The molecule has 0 amide bonds. The topological polar surface area (TPSA) is 34.1 Å². The van der Waals surface area contributed by atoms with Gasteiger partial charge in [0.25, 0.3) is 0 Å². The highest BCUT2D eigenvalue weighted by Crippen LogP contribution is 2.01. The highest BCUT2D eigenvalue weighted by atomic mass is 19.1. The highest BCUT2D eigenvalue weighted by molar-refractivity contribution is 5.09. The molecule has 1 rings (SSSR count). The van der Waals surface area contributed by atoms with E-state index in [9.17, 15) is 4.39 Å². The Labute approximate surface area is 89.7 Å². The Balaban J connectivity index is 2.30. The lowest BCUT2D eigenvalue weighted by Gasteiger charge is -2.12. The summed E-state index contributed by atoms with van der Waals surface area (Å²) >= 11 is 0. The molecule has 0 saturated carbocycles. The van der Waals surface area contributed by atoms with Crippen LogP contribution in [-0.4, -0.2) is 24.7 Å². The number of methoxy groups -OCH3 is 1. The van der Waals surface area contributed by atoms with Crippen LogP contribution in [0.5, 0.6) is 0 Å². The van der Waals surface area contributed by atoms with Crippen molar-refractivity contribution in [3.05, 3.63) is 29.8 Å². The zero-order valence-electron chi connectivity index (χ0n) is 9.16. The molecule has 3 nitrogen and oxygen atoms in total. The molecule has 0 aliphatic carbocycles. The molecule has 4 heteroatoms. The molecule has 1 N–H and O–H groups in total. The van der Waals surface area contributed by atoms with Crippen LogP contribution in [0.2, 0.25) is 0 Å². The van der Waals surface area contributed by atoms with Crippen LogP contribution in [0.25, 0.3) is 0 Å². The Morgan fingerprint density at radius 3 is 3.00 bits per heavy atom. The Morgan fingerprint density at radius 1 is 1.53 bits per heavy atom. The molecule has 1 aromatic heterocycles. The number of hydrogen-bond acceptors (Lipinski definition) is 3. The van der Waals surface area contributed by atoms with Gasteiger partial charge in [-0.15, -0.1) is 0 Å². The number of ether oxygens (including phenoxy) is 1. The second-order valence-corrected chi connectivity index (χ2v) is 3.57. The van der Waals surface area contributed by atoms with E-state index in [2.05, 4.69) is 17.2 Å². The zero-order chi connectivity index (χ0) is 11.1. The van der Waals surface area contributed by atoms with Gasteiger partial charge in [0.2, 0.25) is 0 Å². The van der Waals surface area contributed by atoms with Gasteiger partial charge in [0.05, 0.1) is 6.20 Å². The first-order valence-electron chi connectivity index (χ1n) is 5.04. The van der Waals surface area contributed by atoms with Gasteiger partial charge in [-0.3, -0.25) is 4.98 Å². The van der Waals surface area contributed by atoms with Crippen LogP contribution in [0.4, 0.5) is 4.39 Å². The quantitative estimate of drug-likeness (QED) is 0.779. The number of aromatic nitrogens is 1. The van der Waals surface area contributed by atoms with Crippen LogP contribution in [0.1, 0.15) is 18.9 Å². The average Bonchev–Trinajstić information content (AvgIpc) is 2.23. The lowest BCUT2D eigenvalue weighted by molar-refractivity contribution is 0.184. The molecule has 0 aliphatic heterocycles. The molecule has 0 radical (unpaired) electrons. The third-order valence-electron chi connectivity index (χ3n) is 2.17. The monoisotopic (exact) mass is 212 g/mol. The standard InChI is InChI=1S/C11H17FN2O/c1-9(3-4-15-2)14-7-10-5-11(12)8-13-6-10/h5-6,8-9,14H,3-4,7H2,1-2H3. The number of halogens is 1. The van der Waals surface area contributed by atoms with Crippen LogP contribution >= 0.6 is 0 Å². The lowest BCUT2D eigenvalue weighted by Crippen LogP contribution is -2.26. The van der Waals surface area contributed by atoms with E-state index in [0.29, 0.717) is 12.6 Å². The molecule has 1 aromatic rings. The van der Waals surface area contributed by atoms with Gasteiger partial charge in [-0.2, -0.15) is 0 Å². The summed E-state index contributed by atoms with van der Waals surface area (Å²) in [6, 6.07) is 1.84. The van der Waals surface area contributed by atoms with Crippen molar-refractivity contribution in [2.24, 2.45) is 0 Å². The van der Waals surface area contributed by atoms with E-state index >= 15 is 0 Å². The summed E-state index contributed by atoms with van der Waals surface area (Å²) in [5, 5.41) is 3.27. The first-order chi connectivity index (χ1) is 7.22. The smallest absolute Gasteiger partial charge is 0.141 e. The fraction of sp³-hybridized carbons (Fsp3) is 0.545. The number of hydrogen-bond donors (Lipinski definition) is 1. The summed E-state index contributed by atoms with van der Waals surface area (Å²) in [5.41, 5.74) is 0.860. The average molecular weight is 212 g/mol. The van der Waals surface area contributed by atoms with E-state index in [4.69, 9.17) is 4.74 Å². The summed E-state index contributed by atoms with van der Waals surface area (Å²) in [6.07, 6.45) is 3.82. The Morgan fingerprint density at radius 2 is 2.33 bits per heavy atom. The molecular formula is C11H17FN2O. The van der Waals surface area contributed by atoms with Crippen molar-refractivity contribution in [1.29, 1.82) is 0 Å². The third kappa shape index (κ3) is 4.85. The van der Waals surface area contributed by atoms with Crippen molar-refractivity contribution in [1.82, 2.24) is 10.3 Å². The normalized spacial score (nSPS) is 12.7. The first-order valence-corrected chi connectivity index (χ1v) is 5.04. The number of nitrogens with one attached hydrogen (secondary N) is 1. The molecule has 0 aromatic carbocycles. The van der Waals surface area contributed by atoms with E-state index in [1.807, 2.05) is 0 Å². The van der Waals surface area contributed by atoms with Crippen LogP contribution in [0.3, 0.4) is 0 Å². The molecule has 1 unspecified atom stereocenters. The predicted molar refractivity (Wildman–Crippen MR) is 57.0 cm³/mol. The van der Waals surface area contributed by atoms with E-state index in [1.54, 1.807) is 13.3 Å². The Hall–Kier alpha value is -1.00. The fourth-order valence-corrected chi connectivity index (χ4v) is 1.24. The van der Waals surface area contributed by atoms with Crippen molar-refractivity contribution in [2.75, 3.05) is 13.7 Å². The maximum atomic E-state index is 12.8. The van der Waals surface area contributed by atoms with Gasteiger partial charge >= 0.3 is 0 Å². The second kappa shape index (κ2) is 6.48. The van der Waals surface area contributed by atoms with E-state index in [0.717, 1.165) is 18.6 Å². The van der Waals surface area contributed by atoms with Crippen molar-refractivity contribution in [2.45, 2.75) is 25.9 Å². The minimum atomic E-state index is -0.293. The third-order valence-corrected chi connectivity index (χ3v) is 2.17. The van der Waals surface area contributed by atoms with Crippen molar-refractivity contribution in [3.8, 4) is 0 Å². The SMILES string of the molecule is COCCC(C)NCc1cncc(F)c1. The largest absolute Gasteiger partial charge is 0.385 e. The first kappa shape index (κ1) is 12.1. The summed E-state index contributed by atoms with van der Waals surface area (Å²) in [4.78, 5) is 3.78. The number of nitrogens with zero attached hydrogens (tertiary/aromatic N) is 1. The van der Waals surface area contributed by atoms with Crippen LogP contribution in [0, 0.1) is 5.82 Å². The van der Waals surface area contributed by atoms with E-state index in [1.165, 1.54) is 12.3 Å². The van der Waals surface area contributed by atoms with Gasteiger partial charge in [-0.25, -0.2) is 4.39 Å². The predicted octanol–water partition coefficient (Wildman–Crippen LogP) is 1.74. The molecule has 0 aliphatic rings. The molecule has 0 spiro atoms. The van der Waals surface area contributed by atoms with Gasteiger partial charge in [0.15, 0.2) is 0 Å². The minimum absolute atomic E-state index is 0.293. The summed E-state index contributed by atoms with van der Waals surface area (Å²) in [7, 11) is 1.68. The fourth-order valence-electron chi connectivity index (χ4n) is 1.24. The molecule has 1 heterocycles. The van der Waals surface area contributed by atoms with Gasteiger partial charge in [-0.1, -0.05) is 0 Å². The number of rotatable bonds is 6. The maximum absolute atomic E-state index is 12.8. The summed E-state index contributed by atoms with van der Waals surface area (Å²) in [6.45, 7) is 3.44. The Bertz CT molecular complexity index is 294. The molecule has 0 bridgehead atoms. The number of pyridine rings is 1. The molecule has 84 valence electrons. The minimum Gasteiger partial charge on any atom is -0.385 e. The zero-order valence-corrected chi connectivity index (χ0v) is 9.16. The van der Waals surface area contributed by atoms with Crippen LogP contribution in [-0.2, 0) is 11.3 Å². The molecule has 0 saturated heterocycles. The van der Waals surface area contributed by atoms with Crippen LogP contribution in [0.15, 0.2) is 18.5 Å². The highest BCUT2D eigenvalue weighted by Gasteiger charge is 2.01. The van der Waals surface area contributed by atoms with Gasteiger partial charge in [-0.05, 0) is 25.0 Å². The summed E-state index contributed by atoms with van der Waals surface area (Å²) in [5.74, 6) is -0.293. The molecule has 15 heavy (non-hydrogen) atoms. The second-order valence-electron chi connectivity index (χ2n) is 3.57. The van der Waals surface area contributed by atoms with Crippen molar-refractivity contribution < 1.29 is 9.13 Å². The molecular weight excluding hydrogens is 195 g/mol. The van der Waals surface area contributed by atoms with E-state index in [-0.39, 0.29) is 5.82 Å². The lowest BCUT2D eigenvalue weighted by atomic mass is 10.2. The van der Waals surface area contributed by atoms with Crippen molar-refractivity contribution >= 4 is 0 Å². The molecule has 1 atom stereocenters. The van der Waals surface area contributed by atoms with E-state index < -0.39 is 0 Å². The van der Waals surface area contributed by atoms with Crippen molar-refractivity contribution in [3.63, 3.8) is 0 Å². The summed E-state index contributed by atoms with van der Waals surface area (Å²) < 4.78 is 17.8. The molecule has 0 fully saturated rings. The van der Waals surface area contributed by atoms with Gasteiger partial charge in [0.1, 0.15) is 5.82 Å². The Kier molecular flexibility index (Phi) is 5.21.